The number of rotatable bonds is 6. The SMILES string of the molecule is CC[C@H](C)[C@H](NC(=O)c1cc(-c2ccccc2)no1)C(=O)O. The summed E-state index contributed by atoms with van der Waals surface area (Å²) in [4.78, 5) is 23.3. The zero-order valence-corrected chi connectivity index (χ0v) is 12.4. The van der Waals surface area contributed by atoms with Gasteiger partial charge in [0.1, 0.15) is 11.7 Å². The molecule has 1 aromatic carbocycles. The minimum absolute atomic E-state index is 0.00611. The van der Waals surface area contributed by atoms with Gasteiger partial charge in [-0.3, -0.25) is 4.79 Å². The molecule has 0 aliphatic rings. The van der Waals surface area contributed by atoms with Gasteiger partial charge >= 0.3 is 5.97 Å². The number of aromatic nitrogens is 1. The monoisotopic (exact) mass is 302 g/mol. The largest absolute Gasteiger partial charge is 0.480 e. The van der Waals surface area contributed by atoms with E-state index < -0.39 is 17.9 Å². The first-order chi connectivity index (χ1) is 10.5. The lowest BCUT2D eigenvalue weighted by Gasteiger charge is -2.19. The van der Waals surface area contributed by atoms with Gasteiger partial charge in [-0.1, -0.05) is 55.8 Å². The van der Waals surface area contributed by atoms with Gasteiger partial charge in [-0.2, -0.15) is 0 Å². The molecule has 0 unspecified atom stereocenters. The Labute approximate surface area is 128 Å². The maximum atomic E-state index is 12.1. The third-order valence-electron chi connectivity index (χ3n) is 3.57. The number of nitrogens with zero attached hydrogens (tertiary/aromatic N) is 1. The first-order valence-electron chi connectivity index (χ1n) is 7.08. The summed E-state index contributed by atoms with van der Waals surface area (Å²) >= 11 is 0. The Hall–Kier alpha value is -2.63. The van der Waals surface area contributed by atoms with Crippen molar-refractivity contribution in [1.29, 1.82) is 0 Å². The topological polar surface area (TPSA) is 92.4 Å². The van der Waals surface area contributed by atoms with Crippen LogP contribution in [-0.4, -0.2) is 28.2 Å². The summed E-state index contributed by atoms with van der Waals surface area (Å²) in [5, 5.41) is 15.5. The van der Waals surface area contributed by atoms with E-state index >= 15 is 0 Å². The molecule has 0 fully saturated rings. The van der Waals surface area contributed by atoms with Crippen molar-refractivity contribution in [2.24, 2.45) is 5.92 Å². The summed E-state index contributed by atoms with van der Waals surface area (Å²) in [5.41, 5.74) is 1.35. The molecule has 6 heteroatoms. The molecule has 1 amide bonds. The van der Waals surface area contributed by atoms with E-state index in [4.69, 9.17) is 4.52 Å². The number of nitrogens with one attached hydrogen (secondary N) is 1. The minimum atomic E-state index is -1.06. The summed E-state index contributed by atoms with van der Waals surface area (Å²) in [5.74, 6) is -1.83. The van der Waals surface area contributed by atoms with Crippen LogP contribution in [-0.2, 0) is 4.79 Å². The van der Waals surface area contributed by atoms with Crippen molar-refractivity contribution in [3.8, 4) is 11.3 Å². The van der Waals surface area contributed by atoms with Gasteiger partial charge in [-0.05, 0) is 5.92 Å². The van der Waals surface area contributed by atoms with Crippen molar-refractivity contribution >= 4 is 11.9 Å². The van der Waals surface area contributed by atoms with Gasteiger partial charge in [-0.15, -0.1) is 0 Å². The van der Waals surface area contributed by atoms with Crippen molar-refractivity contribution in [3.63, 3.8) is 0 Å². The van der Waals surface area contributed by atoms with E-state index in [1.807, 2.05) is 37.3 Å². The van der Waals surface area contributed by atoms with Crippen LogP contribution in [0.1, 0.15) is 30.8 Å². The van der Waals surface area contributed by atoms with E-state index in [2.05, 4.69) is 10.5 Å². The Balaban J connectivity index is 2.13. The molecule has 0 radical (unpaired) electrons. The lowest BCUT2D eigenvalue weighted by Crippen LogP contribution is -2.44. The predicted molar refractivity (Wildman–Crippen MR) is 80.3 cm³/mol. The number of carboxylic acids is 1. The fourth-order valence-electron chi connectivity index (χ4n) is 2.02. The highest BCUT2D eigenvalue weighted by Gasteiger charge is 2.27. The summed E-state index contributed by atoms with van der Waals surface area (Å²) in [7, 11) is 0. The van der Waals surface area contributed by atoms with Gasteiger partial charge in [0.25, 0.3) is 5.91 Å². The van der Waals surface area contributed by atoms with E-state index in [1.54, 1.807) is 6.92 Å². The second kappa shape index (κ2) is 6.89. The zero-order valence-electron chi connectivity index (χ0n) is 12.4. The molecule has 0 aliphatic heterocycles. The molecular formula is C16H18N2O4. The first kappa shape index (κ1) is 15.8. The third-order valence-corrected chi connectivity index (χ3v) is 3.57. The Morgan fingerprint density at radius 1 is 1.32 bits per heavy atom. The Morgan fingerprint density at radius 3 is 2.59 bits per heavy atom. The number of aliphatic carboxylic acids is 1. The number of hydrogen-bond donors (Lipinski definition) is 2. The first-order valence-corrected chi connectivity index (χ1v) is 7.08. The standard InChI is InChI=1S/C16H18N2O4/c1-3-10(2)14(16(20)21)17-15(19)13-9-12(18-22-13)11-7-5-4-6-8-11/h4-10,14H,3H2,1-2H3,(H,17,19)(H,20,21)/t10-,14-/m0/s1. The van der Waals surface area contributed by atoms with Gasteiger partial charge < -0.3 is 14.9 Å². The van der Waals surface area contributed by atoms with E-state index in [0.29, 0.717) is 12.1 Å². The number of hydrogen-bond acceptors (Lipinski definition) is 4. The fraction of sp³-hybridized carbons (Fsp3) is 0.312. The maximum absolute atomic E-state index is 12.1. The van der Waals surface area contributed by atoms with Gasteiger partial charge in [0, 0.05) is 11.6 Å². The smallest absolute Gasteiger partial charge is 0.326 e. The fourth-order valence-corrected chi connectivity index (χ4v) is 2.02. The number of benzene rings is 1. The number of amides is 1. The van der Waals surface area contributed by atoms with Crippen LogP contribution in [0, 0.1) is 5.92 Å². The highest BCUT2D eigenvalue weighted by molar-refractivity contribution is 5.95. The molecule has 2 rings (SSSR count). The van der Waals surface area contributed by atoms with Crippen molar-refractivity contribution in [2.75, 3.05) is 0 Å². The molecule has 22 heavy (non-hydrogen) atoms. The van der Waals surface area contributed by atoms with Crippen LogP contribution in [0.4, 0.5) is 0 Å². The van der Waals surface area contributed by atoms with Crippen molar-refractivity contribution in [2.45, 2.75) is 26.3 Å². The van der Waals surface area contributed by atoms with Gasteiger partial charge in [-0.25, -0.2) is 4.79 Å². The second-order valence-corrected chi connectivity index (χ2v) is 5.12. The normalized spacial score (nSPS) is 13.4. The third kappa shape index (κ3) is 3.52. The summed E-state index contributed by atoms with van der Waals surface area (Å²) < 4.78 is 5.02. The van der Waals surface area contributed by atoms with Gasteiger partial charge in [0.2, 0.25) is 5.76 Å². The van der Waals surface area contributed by atoms with E-state index in [-0.39, 0.29) is 11.7 Å². The molecule has 0 saturated heterocycles. The highest BCUT2D eigenvalue weighted by Crippen LogP contribution is 2.19. The molecule has 0 aliphatic carbocycles. The molecule has 0 saturated carbocycles. The van der Waals surface area contributed by atoms with Crippen molar-refractivity contribution in [1.82, 2.24) is 10.5 Å². The average Bonchev–Trinajstić information content (AvgIpc) is 3.02. The van der Waals surface area contributed by atoms with Gasteiger partial charge in [0.15, 0.2) is 0 Å². The Kier molecular flexibility index (Phi) is 4.93. The summed E-state index contributed by atoms with van der Waals surface area (Å²) in [6, 6.07) is 9.82. The molecule has 116 valence electrons. The minimum Gasteiger partial charge on any atom is -0.480 e. The quantitative estimate of drug-likeness (QED) is 0.855. The average molecular weight is 302 g/mol. The van der Waals surface area contributed by atoms with Crippen LogP contribution in [0.2, 0.25) is 0 Å². The molecule has 2 atom stereocenters. The number of carboxylic acid groups (broad SMARTS) is 1. The molecule has 2 aromatic rings. The highest BCUT2D eigenvalue weighted by atomic mass is 16.5. The van der Waals surface area contributed by atoms with E-state index in [0.717, 1.165) is 5.56 Å². The molecule has 1 heterocycles. The molecule has 0 bridgehead atoms. The van der Waals surface area contributed by atoms with E-state index in [9.17, 15) is 14.7 Å². The van der Waals surface area contributed by atoms with Crippen LogP contribution >= 0.6 is 0 Å². The van der Waals surface area contributed by atoms with Crippen molar-refractivity contribution < 1.29 is 19.2 Å². The maximum Gasteiger partial charge on any atom is 0.326 e. The van der Waals surface area contributed by atoms with Crippen LogP contribution in [0.15, 0.2) is 40.9 Å². The van der Waals surface area contributed by atoms with Crippen LogP contribution in [0.3, 0.4) is 0 Å². The molecule has 0 spiro atoms. The summed E-state index contributed by atoms with van der Waals surface area (Å²) in [6.07, 6.45) is 0.642. The van der Waals surface area contributed by atoms with Crippen LogP contribution in [0.5, 0.6) is 0 Å². The second-order valence-electron chi connectivity index (χ2n) is 5.12. The molecule has 2 N–H and O–H groups in total. The number of carbonyl (C=O) groups excluding carboxylic acids is 1. The predicted octanol–water partition coefficient (Wildman–Crippen LogP) is 2.57. The molecule has 6 nitrogen and oxygen atoms in total. The Morgan fingerprint density at radius 2 is 2.00 bits per heavy atom. The van der Waals surface area contributed by atoms with Gasteiger partial charge in [0.05, 0.1) is 0 Å². The molecular weight excluding hydrogens is 284 g/mol. The lowest BCUT2D eigenvalue weighted by atomic mass is 9.99. The lowest BCUT2D eigenvalue weighted by molar-refractivity contribution is -0.140. The summed E-state index contributed by atoms with van der Waals surface area (Å²) in [6.45, 7) is 3.64. The Bertz CT molecular complexity index is 651. The molecule has 1 aromatic heterocycles. The number of carbonyl (C=O) groups is 2. The van der Waals surface area contributed by atoms with Crippen molar-refractivity contribution in [3.05, 3.63) is 42.2 Å². The van der Waals surface area contributed by atoms with Crippen LogP contribution in [0.25, 0.3) is 11.3 Å². The zero-order chi connectivity index (χ0) is 16.1. The van der Waals surface area contributed by atoms with Crippen LogP contribution < -0.4 is 5.32 Å². The van der Waals surface area contributed by atoms with E-state index in [1.165, 1.54) is 6.07 Å².